The second-order valence-corrected chi connectivity index (χ2v) is 8.34. The second-order valence-electron chi connectivity index (χ2n) is 8.34. The molecule has 0 radical (unpaired) electrons. The molecule has 2 aliphatic rings. The second kappa shape index (κ2) is 4.59. The summed E-state index contributed by atoms with van der Waals surface area (Å²) in [5.41, 5.74) is 0.659. The molecule has 2 rings (SSSR count). The Morgan fingerprint density at radius 3 is 1.71 bits per heavy atom. The number of hydrogen-bond acceptors (Lipinski definition) is 0. The molecule has 0 aromatic heterocycles. The van der Waals surface area contributed by atoms with Crippen molar-refractivity contribution >= 4 is 0 Å². The van der Waals surface area contributed by atoms with Gasteiger partial charge in [-0.05, 0) is 66.6 Å². The summed E-state index contributed by atoms with van der Waals surface area (Å²) in [5, 5.41) is 0. The van der Waals surface area contributed by atoms with Crippen LogP contribution in [-0.2, 0) is 0 Å². The molecule has 0 spiro atoms. The highest BCUT2D eigenvalue weighted by Gasteiger charge is 2.44. The first kappa shape index (κ1) is 13.4. The molecule has 4 atom stereocenters. The van der Waals surface area contributed by atoms with Crippen LogP contribution >= 0.6 is 0 Å². The molecule has 2 fully saturated rings. The van der Waals surface area contributed by atoms with Gasteiger partial charge in [-0.25, -0.2) is 0 Å². The summed E-state index contributed by atoms with van der Waals surface area (Å²) in [6, 6.07) is 0. The highest BCUT2D eigenvalue weighted by molar-refractivity contribution is 4.94. The molecule has 0 nitrogen and oxygen atoms in total. The van der Waals surface area contributed by atoms with E-state index >= 15 is 0 Å². The predicted octanol–water partition coefficient (Wildman–Crippen LogP) is 5.38. The maximum absolute atomic E-state index is 2.51. The number of rotatable bonds is 2. The van der Waals surface area contributed by atoms with Gasteiger partial charge in [0, 0.05) is 0 Å². The van der Waals surface area contributed by atoms with Gasteiger partial charge >= 0.3 is 0 Å². The van der Waals surface area contributed by atoms with Crippen LogP contribution in [0.3, 0.4) is 0 Å². The molecule has 100 valence electrons. The van der Waals surface area contributed by atoms with Gasteiger partial charge in [0.1, 0.15) is 0 Å². The first-order chi connectivity index (χ1) is 7.80. The molecular weight excluding hydrogens is 204 g/mol. The first-order valence-corrected chi connectivity index (χ1v) is 7.80. The molecule has 2 saturated carbocycles. The standard InChI is InChI=1S/C17H32/c1-11(2)16-12(3)7-14(8-13(16)4)15-9-17(5,6)10-15/h11-16H,7-10H2,1-6H3/t12-,13?,14?,16?/m1/s1. The summed E-state index contributed by atoms with van der Waals surface area (Å²) >= 11 is 0. The van der Waals surface area contributed by atoms with Gasteiger partial charge in [-0.1, -0.05) is 41.5 Å². The lowest BCUT2D eigenvalue weighted by Gasteiger charge is -2.51. The van der Waals surface area contributed by atoms with Crippen LogP contribution < -0.4 is 0 Å². The van der Waals surface area contributed by atoms with Gasteiger partial charge in [0.15, 0.2) is 0 Å². The van der Waals surface area contributed by atoms with Crippen molar-refractivity contribution in [3.8, 4) is 0 Å². The van der Waals surface area contributed by atoms with Gasteiger partial charge in [-0.3, -0.25) is 0 Å². The van der Waals surface area contributed by atoms with Gasteiger partial charge in [0.25, 0.3) is 0 Å². The summed E-state index contributed by atoms with van der Waals surface area (Å²) in [5.74, 6) is 5.85. The van der Waals surface area contributed by atoms with Crippen molar-refractivity contribution < 1.29 is 0 Å². The highest BCUT2D eigenvalue weighted by Crippen LogP contribution is 2.54. The van der Waals surface area contributed by atoms with Crippen LogP contribution in [0, 0.1) is 40.9 Å². The van der Waals surface area contributed by atoms with Gasteiger partial charge < -0.3 is 0 Å². The smallest absolute Gasteiger partial charge is 0.0339 e. The van der Waals surface area contributed by atoms with E-state index in [-0.39, 0.29) is 0 Å². The minimum atomic E-state index is 0.659. The molecule has 3 unspecified atom stereocenters. The molecule has 2 aliphatic carbocycles. The van der Waals surface area contributed by atoms with Crippen LogP contribution in [-0.4, -0.2) is 0 Å². The van der Waals surface area contributed by atoms with E-state index in [2.05, 4.69) is 41.5 Å². The van der Waals surface area contributed by atoms with Crippen molar-refractivity contribution in [2.45, 2.75) is 67.2 Å². The van der Waals surface area contributed by atoms with E-state index in [9.17, 15) is 0 Å². The molecule has 17 heavy (non-hydrogen) atoms. The van der Waals surface area contributed by atoms with Gasteiger partial charge in [0.2, 0.25) is 0 Å². The monoisotopic (exact) mass is 236 g/mol. The summed E-state index contributed by atoms with van der Waals surface area (Å²) in [7, 11) is 0. The molecule has 0 saturated heterocycles. The maximum atomic E-state index is 2.51. The Morgan fingerprint density at radius 1 is 0.882 bits per heavy atom. The minimum Gasteiger partial charge on any atom is -0.0625 e. The van der Waals surface area contributed by atoms with Gasteiger partial charge in [0.05, 0.1) is 0 Å². The average molecular weight is 236 g/mol. The third-order valence-corrected chi connectivity index (χ3v) is 5.73. The van der Waals surface area contributed by atoms with E-state index in [1.54, 1.807) is 0 Å². The summed E-state index contributed by atoms with van der Waals surface area (Å²) in [6.45, 7) is 14.7. The molecule has 0 N–H and O–H groups in total. The van der Waals surface area contributed by atoms with Crippen LogP contribution in [0.5, 0.6) is 0 Å². The van der Waals surface area contributed by atoms with Crippen molar-refractivity contribution in [1.82, 2.24) is 0 Å². The van der Waals surface area contributed by atoms with E-state index in [0.717, 1.165) is 35.5 Å². The SMILES string of the molecule is CC(C)C1C(C)CC(C2CC(C)(C)C2)C[C@H]1C. The van der Waals surface area contributed by atoms with Crippen LogP contribution in [0.15, 0.2) is 0 Å². The fraction of sp³-hybridized carbons (Fsp3) is 1.00. The maximum Gasteiger partial charge on any atom is -0.0339 e. The summed E-state index contributed by atoms with van der Waals surface area (Å²) < 4.78 is 0. The predicted molar refractivity (Wildman–Crippen MR) is 75.9 cm³/mol. The van der Waals surface area contributed by atoms with Crippen LogP contribution in [0.4, 0.5) is 0 Å². The van der Waals surface area contributed by atoms with Crippen LogP contribution in [0.2, 0.25) is 0 Å². The fourth-order valence-electron chi connectivity index (χ4n) is 5.32. The van der Waals surface area contributed by atoms with Crippen molar-refractivity contribution in [2.24, 2.45) is 40.9 Å². The Bertz CT molecular complexity index is 243. The highest BCUT2D eigenvalue weighted by atomic mass is 14.5. The third kappa shape index (κ3) is 2.71. The molecule has 0 amide bonds. The lowest BCUT2D eigenvalue weighted by Crippen LogP contribution is -2.42. The Kier molecular flexibility index (Phi) is 3.63. The molecule has 0 bridgehead atoms. The minimum absolute atomic E-state index is 0.659. The zero-order valence-electron chi connectivity index (χ0n) is 12.8. The Morgan fingerprint density at radius 2 is 1.35 bits per heavy atom. The molecule has 0 heteroatoms. The molecule has 0 aromatic carbocycles. The summed E-state index contributed by atoms with van der Waals surface area (Å²) in [4.78, 5) is 0. The molecule has 0 heterocycles. The van der Waals surface area contributed by atoms with E-state index in [1.807, 2.05) is 0 Å². The number of hydrogen-bond donors (Lipinski definition) is 0. The van der Waals surface area contributed by atoms with Crippen molar-refractivity contribution in [2.75, 3.05) is 0 Å². The largest absolute Gasteiger partial charge is 0.0625 e. The van der Waals surface area contributed by atoms with Crippen molar-refractivity contribution in [3.05, 3.63) is 0 Å². The van der Waals surface area contributed by atoms with Crippen molar-refractivity contribution in [1.29, 1.82) is 0 Å². The van der Waals surface area contributed by atoms with Gasteiger partial charge in [-0.2, -0.15) is 0 Å². The van der Waals surface area contributed by atoms with Crippen LogP contribution in [0.1, 0.15) is 67.2 Å². The molecule has 0 aliphatic heterocycles. The first-order valence-electron chi connectivity index (χ1n) is 7.80. The molecule has 0 aromatic rings. The topological polar surface area (TPSA) is 0 Å². The van der Waals surface area contributed by atoms with E-state index in [1.165, 1.54) is 25.7 Å². The fourth-order valence-corrected chi connectivity index (χ4v) is 5.32. The zero-order chi connectivity index (χ0) is 12.8. The quantitative estimate of drug-likeness (QED) is 0.604. The average Bonchev–Trinajstić information content (AvgIpc) is 2.11. The van der Waals surface area contributed by atoms with E-state index in [0.29, 0.717) is 5.41 Å². The summed E-state index contributed by atoms with van der Waals surface area (Å²) in [6.07, 6.45) is 5.99. The normalized spacial score (nSPS) is 42.5. The Labute approximate surface area is 109 Å². The van der Waals surface area contributed by atoms with Crippen molar-refractivity contribution in [3.63, 3.8) is 0 Å². The van der Waals surface area contributed by atoms with Gasteiger partial charge in [-0.15, -0.1) is 0 Å². The van der Waals surface area contributed by atoms with Crippen LogP contribution in [0.25, 0.3) is 0 Å². The molecular formula is C17H32. The lowest BCUT2D eigenvalue weighted by molar-refractivity contribution is -0.0120. The lowest BCUT2D eigenvalue weighted by atomic mass is 9.54. The Balaban J connectivity index is 1.93. The zero-order valence-corrected chi connectivity index (χ0v) is 12.8. The third-order valence-electron chi connectivity index (χ3n) is 5.73. The van der Waals surface area contributed by atoms with E-state index in [4.69, 9.17) is 0 Å². The van der Waals surface area contributed by atoms with E-state index < -0.39 is 0 Å². The Hall–Kier alpha value is 0.